The first-order valence-corrected chi connectivity index (χ1v) is 6.23. The van der Waals surface area contributed by atoms with Gasteiger partial charge in [0.2, 0.25) is 0 Å². The van der Waals surface area contributed by atoms with Gasteiger partial charge >= 0.3 is 0 Å². The molecule has 0 N–H and O–H groups in total. The van der Waals surface area contributed by atoms with E-state index in [0.29, 0.717) is 5.56 Å². The van der Waals surface area contributed by atoms with Crippen molar-refractivity contribution in [3.8, 4) is 0 Å². The van der Waals surface area contributed by atoms with Crippen molar-refractivity contribution < 1.29 is 12.8 Å². The van der Waals surface area contributed by atoms with Crippen LogP contribution >= 0.6 is 0 Å². The third-order valence-electron chi connectivity index (χ3n) is 2.16. The number of rotatable bonds is 3. The molecule has 2 nitrogen and oxygen atoms in total. The maximum absolute atomic E-state index is 13.3. The molecule has 0 aromatic heterocycles. The Bertz CT molecular complexity index is 403. The van der Waals surface area contributed by atoms with Gasteiger partial charge in [0, 0.05) is 11.3 Å². The van der Waals surface area contributed by atoms with E-state index in [0.717, 1.165) is 0 Å². The number of benzene rings is 1. The molecule has 0 aliphatic heterocycles. The molecule has 0 fully saturated rings. The zero-order chi connectivity index (χ0) is 10.8. The monoisotopic (exact) mass is 216 g/mol. The highest BCUT2D eigenvalue weighted by Crippen LogP contribution is 2.15. The molecule has 1 rings (SSSR count). The average Bonchev–Trinajstić information content (AvgIpc) is 2.12. The van der Waals surface area contributed by atoms with E-state index in [1.54, 1.807) is 26.0 Å². The molecule has 0 amide bonds. The quantitative estimate of drug-likeness (QED) is 0.775. The van der Waals surface area contributed by atoms with E-state index in [1.165, 1.54) is 6.07 Å². The summed E-state index contributed by atoms with van der Waals surface area (Å²) in [6.07, 6.45) is 0. The summed E-state index contributed by atoms with van der Waals surface area (Å²) in [6, 6.07) is 4.57. The second-order valence-corrected chi connectivity index (χ2v) is 5.57. The van der Waals surface area contributed by atoms with Crippen LogP contribution in [0.25, 0.3) is 0 Å². The Morgan fingerprint density at radius 1 is 1.36 bits per heavy atom. The minimum Gasteiger partial charge on any atom is -0.229 e. The summed E-state index contributed by atoms with van der Waals surface area (Å²) in [5.41, 5.74) is 0.969. The topological polar surface area (TPSA) is 34.1 Å². The van der Waals surface area contributed by atoms with Crippen molar-refractivity contribution in [1.29, 1.82) is 0 Å². The van der Waals surface area contributed by atoms with E-state index in [9.17, 15) is 12.8 Å². The minimum absolute atomic E-state index is 0.0424. The molecular weight excluding hydrogens is 203 g/mol. The second kappa shape index (κ2) is 4.09. The molecule has 0 radical (unpaired) electrons. The molecule has 0 saturated carbocycles. The number of hydrogen-bond acceptors (Lipinski definition) is 2. The van der Waals surface area contributed by atoms with Gasteiger partial charge in [0.25, 0.3) is 0 Å². The molecule has 1 aromatic rings. The van der Waals surface area contributed by atoms with Crippen LogP contribution in [-0.2, 0) is 15.6 Å². The smallest absolute Gasteiger partial charge is 0.154 e. The summed E-state index contributed by atoms with van der Waals surface area (Å²) >= 11 is 0. The average molecular weight is 216 g/mol. The fourth-order valence-corrected chi connectivity index (χ4v) is 2.18. The lowest BCUT2D eigenvalue weighted by Crippen LogP contribution is -2.09. The van der Waals surface area contributed by atoms with Crippen LogP contribution in [0.1, 0.15) is 18.1 Å². The van der Waals surface area contributed by atoms with Gasteiger partial charge in [-0.2, -0.15) is 0 Å². The van der Waals surface area contributed by atoms with Crippen LogP contribution in [0.2, 0.25) is 0 Å². The molecule has 0 unspecified atom stereocenters. The second-order valence-electron chi connectivity index (χ2n) is 3.21. The van der Waals surface area contributed by atoms with E-state index in [1.807, 2.05) is 0 Å². The highest BCUT2D eigenvalue weighted by atomic mass is 32.2. The van der Waals surface area contributed by atoms with E-state index >= 15 is 0 Å². The molecule has 0 saturated heterocycles. The fraction of sp³-hybridized carbons (Fsp3) is 0.400. The lowest BCUT2D eigenvalue weighted by Gasteiger charge is -2.06. The highest BCUT2D eigenvalue weighted by Gasteiger charge is 2.14. The van der Waals surface area contributed by atoms with Crippen molar-refractivity contribution in [1.82, 2.24) is 0 Å². The van der Waals surface area contributed by atoms with Crippen LogP contribution in [0, 0.1) is 12.7 Å². The summed E-state index contributed by atoms with van der Waals surface area (Å²) in [7, 11) is -3.16. The Morgan fingerprint density at radius 3 is 2.50 bits per heavy atom. The Balaban J connectivity index is 3.09. The molecule has 0 atom stereocenters. The molecule has 0 bridgehead atoms. The summed E-state index contributed by atoms with van der Waals surface area (Å²) in [6.45, 7) is 3.27. The molecule has 0 heterocycles. The Morgan fingerprint density at radius 2 is 2.00 bits per heavy atom. The predicted octanol–water partition coefficient (Wildman–Crippen LogP) is 2.07. The lowest BCUT2D eigenvalue weighted by molar-refractivity contribution is 0.587. The van der Waals surface area contributed by atoms with Crippen LogP contribution < -0.4 is 0 Å². The van der Waals surface area contributed by atoms with Crippen LogP contribution in [0.3, 0.4) is 0 Å². The van der Waals surface area contributed by atoms with Crippen molar-refractivity contribution >= 4 is 9.84 Å². The van der Waals surface area contributed by atoms with Crippen molar-refractivity contribution in [3.05, 3.63) is 35.1 Å². The van der Waals surface area contributed by atoms with E-state index in [4.69, 9.17) is 0 Å². The van der Waals surface area contributed by atoms with Crippen molar-refractivity contribution in [2.45, 2.75) is 19.6 Å². The number of aryl methyl sites for hydroxylation is 1. The first-order chi connectivity index (χ1) is 6.46. The maximum Gasteiger partial charge on any atom is 0.154 e. The largest absolute Gasteiger partial charge is 0.229 e. The Hall–Kier alpha value is -0.900. The molecular formula is C10H13FO2S. The van der Waals surface area contributed by atoms with E-state index < -0.39 is 15.7 Å². The van der Waals surface area contributed by atoms with Crippen LogP contribution in [0.4, 0.5) is 4.39 Å². The molecule has 0 spiro atoms. The lowest BCUT2D eigenvalue weighted by atomic mass is 10.1. The maximum atomic E-state index is 13.3. The first kappa shape index (κ1) is 11.2. The number of hydrogen-bond donors (Lipinski definition) is 0. The third-order valence-corrected chi connectivity index (χ3v) is 3.77. The summed E-state index contributed by atoms with van der Waals surface area (Å²) in [4.78, 5) is 0. The van der Waals surface area contributed by atoms with E-state index in [-0.39, 0.29) is 17.1 Å². The van der Waals surface area contributed by atoms with Gasteiger partial charge in [-0.1, -0.05) is 19.1 Å². The van der Waals surface area contributed by atoms with Crippen LogP contribution in [0.5, 0.6) is 0 Å². The number of sulfone groups is 1. The molecule has 0 aliphatic rings. The molecule has 78 valence electrons. The van der Waals surface area contributed by atoms with Gasteiger partial charge in [-0.25, -0.2) is 12.8 Å². The fourth-order valence-electron chi connectivity index (χ4n) is 1.17. The Labute approximate surface area is 83.7 Å². The van der Waals surface area contributed by atoms with Gasteiger partial charge < -0.3 is 0 Å². The SMILES string of the molecule is CCS(=O)(=O)Cc1c(C)cccc1F. The normalized spacial score (nSPS) is 11.6. The van der Waals surface area contributed by atoms with E-state index in [2.05, 4.69) is 0 Å². The van der Waals surface area contributed by atoms with Gasteiger partial charge in [-0.3, -0.25) is 0 Å². The first-order valence-electron chi connectivity index (χ1n) is 4.40. The number of halogens is 1. The van der Waals surface area contributed by atoms with Gasteiger partial charge in [0.15, 0.2) is 9.84 Å². The Kier molecular flexibility index (Phi) is 3.26. The van der Waals surface area contributed by atoms with Crippen molar-refractivity contribution in [2.75, 3.05) is 5.75 Å². The molecule has 14 heavy (non-hydrogen) atoms. The zero-order valence-electron chi connectivity index (χ0n) is 8.25. The van der Waals surface area contributed by atoms with Gasteiger partial charge in [0.1, 0.15) is 5.82 Å². The van der Waals surface area contributed by atoms with Crippen LogP contribution in [-0.4, -0.2) is 14.2 Å². The van der Waals surface area contributed by atoms with Crippen molar-refractivity contribution in [2.24, 2.45) is 0 Å². The van der Waals surface area contributed by atoms with Crippen LogP contribution in [0.15, 0.2) is 18.2 Å². The summed E-state index contributed by atoms with van der Waals surface area (Å²) < 4.78 is 35.9. The molecule has 4 heteroatoms. The van der Waals surface area contributed by atoms with Crippen molar-refractivity contribution in [3.63, 3.8) is 0 Å². The highest BCUT2D eigenvalue weighted by molar-refractivity contribution is 7.90. The van der Waals surface area contributed by atoms with Gasteiger partial charge in [-0.05, 0) is 18.6 Å². The standard InChI is InChI=1S/C10H13FO2S/c1-3-14(12,13)7-9-8(2)5-4-6-10(9)11/h4-6H,3,7H2,1-2H3. The van der Waals surface area contributed by atoms with Gasteiger partial charge in [-0.15, -0.1) is 0 Å². The minimum atomic E-state index is -3.16. The molecule has 0 aliphatic carbocycles. The van der Waals surface area contributed by atoms with Gasteiger partial charge in [0.05, 0.1) is 5.75 Å². The third kappa shape index (κ3) is 2.54. The summed E-state index contributed by atoms with van der Waals surface area (Å²) in [5, 5.41) is 0. The zero-order valence-corrected chi connectivity index (χ0v) is 9.07. The summed E-state index contributed by atoms with van der Waals surface area (Å²) in [5.74, 6) is -0.606. The predicted molar refractivity (Wildman–Crippen MR) is 54.3 cm³/mol. The molecule has 1 aromatic carbocycles.